The average molecular weight is 347 g/mol. The summed E-state index contributed by atoms with van der Waals surface area (Å²) in [6, 6.07) is 5.72. The van der Waals surface area contributed by atoms with Crippen LogP contribution in [0.15, 0.2) is 43.0 Å². The number of aromatic amines is 1. The van der Waals surface area contributed by atoms with E-state index in [1.165, 1.54) is 0 Å². The van der Waals surface area contributed by atoms with Crippen molar-refractivity contribution in [2.45, 2.75) is 26.7 Å². The van der Waals surface area contributed by atoms with Crippen LogP contribution in [0.4, 0.5) is 4.39 Å². The number of halogens is 1. The molecule has 4 aromatic heterocycles. The Morgan fingerprint density at radius 2 is 1.77 bits per heavy atom. The predicted molar refractivity (Wildman–Crippen MR) is 97.4 cm³/mol. The maximum Gasteiger partial charge on any atom is 0.216 e. The van der Waals surface area contributed by atoms with Gasteiger partial charge in [0.2, 0.25) is 5.95 Å². The molecule has 0 aliphatic carbocycles. The molecule has 0 spiro atoms. The van der Waals surface area contributed by atoms with Crippen molar-refractivity contribution in [3.8, 4) is 0 Å². The summed E-state index contributed by atoms with van der Waals surface area (Å²) < 4.78 is 14.5. The van der Waals surface area contributed by atoms with Gasteiger partial charge in [-0.15, -0.1) is 0 Å². The van der Waals surface area contributed by atoms with Crippen LogP contribution in [-0.4, -0.2) is 24.9 Å². The zero-order valence-corrected chi connectivity index (χ0v) is 14.6. The third-order valence-corrected chi connectivity index (χ3v) is 4.34. The van der Waals surface area contributed by atoms with Crippen LogP contribution in [0.3, 0.4) is 0 Å². The normalized spacial score (nSPS) is 11.2. The van der Waals surface area contributed by atoms with Crippen LogP contribution < -0.4 is 0 Å². The number of hydrogen-bond donors (Lipinski definition) is 1. The molecule has 0 radical (unpaired) electrons. The number of H-pyrrole nitrogens is 1. The first-order chi connectivity index (χ1) is 12.6. The van der Waals surface area contributed by atoms with Crippen LogP contribution in [0.1, 0.15) is 33.8 Å². The van der Waals surface area contributed by atoms with E-state index in [4.69, 9.17) is 0 Å². The molecule has 0 amide bonds. The number of rotatable bonds is 4. The van der Waals surface area contributed by atoms with Crippen LogP contribution in [0.25, 0.3) is 11.0 Å². The number of fused-ring (bicyclic) bond motifs is 1. The SMILES string of the molecule is Cc1cnc2[nH]cc(Cc3ccc(Cc4cnc(C)nc4)nc3F)c2c1. The summed E-state index contributed by atoms with van der Waals surface area (Å²) in [5, 5.41) is 1.02. The van der Waals surface area contributed by atoms with E-state index in [-0.39, 0.29) is 0 Å². The van der Waals surface area contributed by atoms with Gasteiger partial charge < -0.3 is 4.98 Å². The molecule has 6 heteroatoms. The minimum Gasteiger partial charge on any atom is -0.346 e. The van der Waals surface area contributed by atoms with Gasteiger partial charge in [0.15, 0.2) is 0 Å². The van der Waals surface area contributed by atoms with Gasteiger partial charge >= 0.3 is 0 Å². The summed E-state index contributed by atoms with van der Waals surface area (Å²) in [6.07, 6.45) is 8.17. The summed E-state index contributed by atoms with van der Waals surface area (Å²) >= 11 is 0. The molecule has 5 nitrogen and oxygen atoms in total. The van der Waals surface area contributed by atoms with Gasteiger partial charge in [0.25, 0.3) is 0 Å². The zero-order chi connectivity index (χ0) is 18.1. The number of aromatic nitrogens is 5. The molecule has 0 fully saturated rings. The van der Waals surface area contributed by atoms with Gasteiger partial charge in [-0.1, -0.05) is 6.07 Å². The fourth-order valence-corrected chi connectivity index (χ4v) is 2.96. The highest BCUT2D eigenvalue weighted by Crippen LogP contribution is 2.22. The molecule has 4 heterocycles. The summed E-state index contributed by atoms with van der Waals surface area (Å²) in [4.78, 5) is 19.9. The molecule has 0 atom stereocenters. The highest BCUT2D eigenvalue weighted by molar-refractivity contribution is 5.80. The predicted octanol–water partition coefficient (Wildman–Crippen LogP) is 3.69. The topological polar surface area (TPSA) is 67.3 Å². The summed E-state index contributed by atoms with van der Waals surface area (Å²) in [5.41, 5.74) is 5.04. The molecule has 0 bridgehead atoms. The molecule has 130 valence electrons. The van der Waals surface area contributed by atoms with Crippen molar-refractivity contribution in [3.63, 3.8) is 0 Å². The van der Waals surface area contributed by atoms with Crippen molar-refractivity contribution in [1.82, 2.24) is 24.9 Å². The van der Waals surface area contributed by atoms with Gasteiger partial charge in [0, 0.05) is 54.3 Å². The second kappa shape index (κ2) is 6.63. The van der Waals surface area contributed by atoms with Crippen LogP contribution in [0.5, 0.6) is 0 Å². The Bertz CT molecular complexity index is 1070. The van der Waals surface area contributed by atoms with Gasteiger partial charge in [-0.3, -0.25) is 0 Å². The van der Waals surface area contributed by atoms with Gasteiger partial charge in [-0.25, -0.2) is 19.9 Å². The number of aryl methyl sites for hydroxylation is 2. The fourth-order valence-electron chi connectivity index (χ4n) is 2.96. The van der Waals surface area contributed by atoms with Gasteiger partial charge in [0.1, 0.15) is 11.5 Å². The van der Waals surface area contributed by atoms with Crippen LogP contribution >= 0.6 is 0 Å². The highest BCUT2D eigenvalue weighted by atomic mass is 19.1. The molecule has 0 saturated heterocycles. The first-order valence-corrected chi connectivity index (χ1v) is 8.43. The minimum atomic E-state index is -0.439. The Balaban J connectivity index is 1.57. The van der Waals surface area contributed by atoms with E-state index in [1.807, 2.05) is 32.3 Å². The van der Waals surface area contributed by atoms with Crippen LogP contribution in [0.2, 0.25) is 0 Å². The number of hydrogen-bond acceptors (Lipinski definition) is 4. The van der Waals surface area contributed by atoms with Crippen molar-refractivity contribution < 1.29 is 4.39 Å². The molecule has 0 aliphatic rings. The Morgan fingerprint density at radius 3 is 2.54 bits per heavy atom. The zero-order valence-electron chi connectivity index (χ0n) is 14.6. The molecule has 1 N–H and O–H groups in total. The first-order valence-electron chi connectivity index (χ1n) is 8.43. The van der Waals surface area contributed by atoms with Crippen LogP contribution in [0, 0.1) is 19.8 Å². The Kier molecular flexibility index (Phi) is 4.16. The third kappa shape index (κ3) is 3.31. The molecule has 0 aromatic carbocycles. The van der Waals surface area contributed by atoms with Crippen molar-refractivity contribution in [2.24, 2.45) is 0 Å². The number of nitrogens with one attached hydrogen (secondary N) is 1. The third-order valence-electron chi connectivity index (χ3n) is 4.34. The van der Waals surface area contributed by atoms with E-state index in [0.717, 1.165) is 27.7 Å². The fraction of sp³-hybridized carbons (Fsp3) is 0.200. The molecule has 26 heavy (non-hydrogen) atoms. The van der Waals surface area contributed by atoms with Gasteiger partial charge in [-0.05, 0) is 42.7 Å². The Morgan fingerprint density at radius 1 is 0.962 bits per heavy atom. The summed E-state index contributed by atoms with van der Waals surface area (Å²) in [6.45, 7) is 3.83. The molecule has 0 unspecified atom stereocenters. The lowest BCUT2D eigenvalue weighted by Gasteiger charge is -2.06. The average Bonchev–Trinajstić information content (AvgIpc) is 3.01. The van der Waals surface area contributed by atoms with Gasteiger partial charge in [0.05, 0.1) is 0 Å². The van der Waals surface area contributed by atoms with Crippen molar-refractivity contribution >= 4 is 11.0 Å². The number of nitrogens with zero attached hydrogens (tertiary/aromatic N) is 4. The van der Waals surface area contributed by atoms with E-state index in [0.29, 0.717) is 29.9 Å². The van der Waals surface area contributed by atoms with E-state index >= 15 is 0 Å². The lowest BCUT2D eigenvalue weighted by molar-refractivity contribution is 0.565. The standard InChI is InChI=1S/C20H18FN5/c1-12-5-18-16(11-25-20(18)24-8-12)7-15-3-4-17(26-19(15)21)6-14-9-22-13(2)23-10-14/h3-5,8-11H,6-7H2,1-2H3,(H,24,25). The summed E-state index contributed by atoms with van der Waals surface area (Å²) in [5.74, 6) is 0.275. The molecule has 0 saturated carbocycles. The Labute approximate surface area is 150 Å². The van der Waals surface area contributed by atoms with Gasteiger partial charge in [-0.2, -0.15) is 4.39 Å². The largest absolute Gasteiger partial charge is 0.346 e. The second-order valence-electron chi connectivity index (χ2n) is 6.47. The van der Waals surface area contributed by atoms with E-state index in [9.17, 15) is 4.39 Å². The molecule has 4 rings (SSSR count). The summed E-state index contributed by atoms with van der Waals surface area (Å²) in [7, 11) is 0. The highest BCUT2D eigenvalue weighted by Gasteiger charge is 2.11. The monoisotopic (exact) mass is 347 g/mol. The molecular weight excluding hydrogens is 329 g/mol. The van der Waals surface area contributed by atoms with Crippen molar-refractivity contribution in [3.05, 3.63) is 82.7 Å². The van der Waals surface area contributed by atoms with Crippen molar-refractivity contribution in [1.29, 1.82) is 0 Å². The van der Waals surface area contributed by atoms with Crippen molar-refractivity contribution in [2.75, 3.05) is 0 Å². The van der Waals surface area contributed by atoms with E-state index in [1.54, 1.807) is 18.5 Å². The number of pyridine rings is 2. The van der Waals surface area contributed by atoms with Crippen LogP contribution in [-0.2, 0) is 12.8 Å². The minimum absolute atomic E-state index is 0.439. The lowest BCUT2D eigenvalue weighted by atomic mass is 10.0. The smallest absolute Gasteiger partial charge is 0.216 e. The maximum absolute atomic E-state index is 14.5. The first kappa shape index (κ1) is 16.3. The van der Waals surface area contributed by atoms with E-state index in [2.05, 4.69) is 31.0 Å². The Hall–Kier alpha value is -3.15. The molecule has 0 aliphatic heterocycles. The molecular formula is C20H18FN5. The quantitative estimate of drug-likeness (QED) is 0.572. The van der Waals surface area contributed by atoms with E-state index < -0.39 is 5.95 Å². The maximum atomic E-state index is 14.5. The second-order valence-corrected chi connectivity index (χ2v) is 6.47. The lowest BCUT2D eigenvalue weighted by Crippen LogP contribution is -2.01. The molecule has 4 aromatic rings.